The summed E-state index contributed by atoms with van der Waals surface area (Å²) in [6.45, 7) is 13.5. The van der Waals surface area contributed by atoms with Crippen molar-refractivity contribution >= 4 is 11.0 Å². The van der Waals surface area contributed by atoms with E-state index in [4.69, 9.17) is 0 Å². The molecule has 2 heterocycles. The van der Waals surface area contributed by atoms with Crippen LogP contribution in [-0.4, -0.2) is 34.1 Å². The molecule has 4 heteroatoms. The molecule has 0 spiro atoms. The van der Waals surface area contributed by atoms with E-state index in [0.717, 1.165) is 43.5 Å². The quantitative estimate of drug-likeness (QED) is 0.909. The average Bonchev–Trinajstić information content (AvgIpc) is 2.94. The zero-order valence-electron chi connectivity index (χ0n) is 14.7. The van der Waals surface area contributed by atoms with Gasteiger partial charge in [0.05, 0.1) is 11.0 Å². The number of fused-ring (bicyclic) bond motifs is 1. The van der Waals surface area contributed by atoms with Crippen LogP contribution in [0.2, 0.25) is 0 Å². The number of hydrogen-bond donors (Lipinski definition) is 1. The second-order valence-electron chi connectivity index (χ2n) is 4.98. The third-order valence-corrected chi connectivity index (χ3v) is 3.99. The zero-order chi connectivity index (χ0) is 16.5. The van der Waals surface area contributed by atoms with Crippen molar-refractivity contribution in [2.24, 2.45) is 0 Å². The molecule has 0 radical (unpaired) electrons. The Hall–Kier alpha value is -1.55. The summed E-state index contributed by atoms with van der Waals surface area (Å²) in [7, 11) is 0. The zero-order valence-corrected chi connectivity index (χ0v) is 14.7. The number of aromatic amines is 1. The molecule has 2 aromatic rings. The molecule has 0 aliphatic carbocycles. The summed E-state index contributed by atoms with van der Waals surface area (Å²) < 4.78 is 1.95. The van der Waals surface area contributed by atoms with E-state index >= 15 is 0 Å². The second kappa shape index (κ2) is 9.46. The number of nitrogens with one attached hydrogen (secondary N) is 1. The second-order valence-corrected chi connectivity index (χ2v) is 4.98. The summed E-state index contributed by atoms with van der Waals surface area (Å²) in [5.74, 6) is 0. The Labute approximate surface area is 134 Å². The molecule has 1 saturated heterocycles. The number of rotatable bonds is 2. The minimum atomic E-state index is 0.0335. The summed E-state index contributed by atoms with van der Waals surface area (Å²) in [6.07, 6.45) is 2.13. The van der Waals surface area contributed by atoms with Crippen LogP contribution in [0, 0.1) is 0 Å². The first kappa shape index (κ1) is 18.5. The molecule has 1 fully saturated rings. The lowest BCUT2D eigenvalue weighted by Gasteiger charge is -2.31. The van der Waals surface area contributed by atoms with Crippen LogP contribution in [0.3, 0.4) is 0 Å². The van der Waals surface area contributed by atoms with Gasteiger partial charge < -0.3 is 9.88 Å². The number of likely N-dealkylation sites (tertiary alicyclic amines) is 1. The van der Waals surface area contributed by atoms with E-state index in [9.17, 15) is 4.79 Å². The lowest BCUT2D eigenvalue weighted by Crippen LogP contribution is -2.36. The van der Waals surface area contributed by atoms with Gasteiger partial charge in [-0.05, 0) is 31.5 Å². The maximum Gasteiger partial charge on any atom is 0.326 e. The van der Waals surface area contributed by atoms with Gasteiger partial charge in [0.2, 0.25) is 0 Å². The van der Waals surface area contributed by atoms with Gasteiger partial charge >= 0.3 is 5.69 Å². The van der Waals surface area contributed by atoms with Crippen molar-refractivity contribution in [1.29, 1.82) is 0 Å². The summed E-state index contributed by atoms with van der Waals surface area (Å²) in [5, 5.41) is 0. The van der Waals surface area contributed by atoms with Crippen LogP contribution in [0.5, 0.6) is 0 Å². The summed E-state index contributed by atoms with van der Waals surface area (Å²) in [4.78, 5) is 17.5. The smallest absolute Gasteiger partial charge is 0.306 e. The first-order valence-electron chi connectivity index (χ1n) is 8.71. The molecule has 0 bridgehead atoms. The van der Waals surface area contributed by atoms with Crippen molar-refractivity contribution in [3.8, 4) is 0 Å². The van der Waals surface area contributed by atoms with E-state index in [1.54, 1.807) is 0 Å². The van der Waals surface area contributed by atoms with Gasteiger partial charge in [0.25, 0.3) is 0 Å². The molecule has 0 atom stereocenters. The highest BCUT2D eigenvalue weighted by atomic mass is 16.1. The Morgan fingerprint density at radius 3 is 2.27 bits per heavy atom. The number of H-pyrrole nitrogens is 1. The molecular formula is C18H31N3O. The topological polar surface area (TPSA) is 41.0 Å². The summed E-state index contributed by atoms with van der Waals surface area (Å²) in [6, 6.07) is 8.29. The highest BCUT2D eigenvalue weighted by Gasteiger charge is 2.22. The largest absolute Gasteiger partial charge is 0.326 e. The predicted octanol–water partition coefficient (Wildman–Crippen LogP) is 4.04. The van der Waals surface area contributed by atoms with E-state index in [0.29, 0.717) is 6.04 Å². The number of nitrogens with zero attached hydrogens (tertiary/aromatic N) is 2. The molecule has 124 valence electrons. The molecular weight excluding hydrogens is 274 g/mol. The number of aromatic nitrogens is 2. The number of benzene rings is 1. The number of piperidine rings is 1. The first-order valence-corrected chi connectivity index (χ1v) is 8.71. The van der Waals surface area contributed by atoms with Crippen LogP contribution in [0.4, 0.5) is 0 Å². The normalized spacial score (nSPS) is 15.7. The van der Waals surface area contributed by atoms with Crippen LogP contribution in [0.1, 0.15) is 53.5 Å². The molecule has 0 amide bonds. The molecule has 0 saturated carbocycles. The lowest BCUT2D eigenvalue weighted by molar-refractivity contribution is 0.195. The minimum absolute atomic E-state index is 0.0335. The maximum absolute atomic E-state index is 12.1. The van der Waals surface area contributed by atoms with Crippen LogP contribution in [0.25, 0.3) is 11.0 Å². The van der Waals surface area contributed by atoms with Crippen molar-refractivity contribution in [3.05, 3.63) is 34.7 Å². The third kappa shape index (κ3) is 4.01. The van der Waals surface area contributed by atoms with Gasteiger partial charge in [-0.3, -0.25) is 4.57 Å². The maximum atomic E-state index is 12.1. The van der Waals surface area contributed by atoms with Crippen molar-refractivity contribution in [2.75, 3.05) is 19.6 Å². The van der Waals surface area contributed by atoms with Gasteiger partial charge in [0.15, 0.2) is 0 Å². The van der Waals surface area contributed by atoms with E-state index < -0.39 is 0 Å². The predicted molar refractivity (Wildman–Crippen MR) is 95.6 cm³/mol. The molecule has 4 nitrogen and oxygen atoms in total. The van der Waals surface area contributed by atoms with Gasteiger partial charge in [-0.25, -0.2) is 4.79 Å². The van der Waals surface area contributed by atoms with Crippen molar-refractivity contribution in [2.45, 2.75) is 53.5 Å². The highest BCUT2D eigenvalue weighted by molar-refractivity contribution is 5.75. The number of para-hydroxylation sites is 2. The fraction of sp³-hybridized carbons (Fsp3) is 0.611. The molecule has 1 aliphatic heterocycles. The first-order chi connectivity index (χ1) is 10.8. The molecule has 3 rings (SSSR count). The summed E-state index contributed by atoms with van der Waals surface area (Å²) >= 11 is 0. The van der Waals surface area contributed by atoms with Crippen molar-refractivity contribution in [1.82, 2.24) is 14.5 Å². The van der Waals surface area contributed by atoms with E-state index in [-0.39, 0.29) is 5.69 Å². The van der Waals surface area contributed by atoms with Gasteiger partial charge in [0.1, 0.15) is 0 Å². The SMILES string of the molecule is CC.CC.CCN1CCC(n2c(=O)[nH]c3ccccc32)CC1. The van der Waals surface area contributed by atoms with E-state index in [1.807, 2.05) is 56.5 Å². The standard InChI is InChI=1S/C14H19N3O.2C2H6/c1-2-16-9-7-11(8-10-16)17-13-6-4-3-5-12(13)15-14(17)18;2*1-2/h3-6,11H,2,7-10H2,1H3,(H,15,18);2*1-2H3. The molecule has 0 unspecified atom stereocenters. The Morgan fingerprint density at radius 1 is 1.09 bits per heavy atom. The Kier molecular flexibility index (Phi) is 7.96. The minimum Gasteiger partial charge on any atom is -0.306 e. The monoisotopic (exact) mass is 305 g/mol. The van der Waals surface area contributed by atoms with E-state index in [2.05, 4.69) is 16.8 Å². The Morgan fingerprint density at radius 2 is 1.68 bits per heavy atom. The van der Waals surface area contributed by atoms with Gasteiger partial charge in [-0.2, -0.15) is 0 Å². The average molecular weight is 305 g/mol. The highest BCUT2D eigenvalue weighted by Crippen LogP contribution is 2.24. The molecule has 1 aromatic carbocycles. The van der Waals surface area contributed by atoms with Gasteiger partial charge in [-0.1, -0.05) is 46.8 Å². The molecule has 1 aromatic heterocycles. The van der Waals surface area contributed by atoms with Gasteiger partial charge in [-0.15, -0.1) is 0 Å². The van der Waals surface area contributed by atoms with Crippen LogP contribution in [0.15, 0.2) is 29.1 Å². The van der Waals surface area contributed by atoms with Crippen LogP contribution in [-0.2, 0) is 0 Å². The summed E-state index contributed by atoms with van der Waals surface area (Å²) in [5.41, 5.74) is 2.02. The van der Waals surface area contributed by atoms with E-state index in [1.165, 1.54) is 0 Å². The van der Waals surface area contributed by atoms with Crippen LogP contribution < -0.4 is 5.69 Å². The van der Waals surface area contributed by atoms with Gasteiger partial charge in [0, 0.05) is 19.1 Å². The number of hydrogen-bond acceptors (Lipinski definition) is 2. The Bertz CT molecular complexity index is 592. The third-order valence-electron chi connectivity index (χ3n) is 3.99. The Balaban J connectivity index is 0.000000561. The fourth-order valence-corrected chi connectivity index (χ4v) is 2.93. The molecule has 1 N–H and O–H groups in total. The van der Waals surface area contributed by atoms with Crippen molar-refractivity contribution < 1.29 is 0 Å². The molecule has 1 aliphatic rings. The fourth-order valence-electron chi connectivity index (χ4n) is 2.93. The van der Waals surface area contributed by atoms with Crippen molar-refractivity contribution in [3.63, 3.8) is 0 Å². The molecule has 22 heavy (non-hydrogen) atoms. The van der Waals surface area contributed by atoms with Crippen LogP contribution >= 0.6 is 0 Å². The lowest BCUT2D eigenvalue weighted by atomic mass is 10.0. The number of imidazole rings is 1.